The van der Waals surface area contributed by atoms with E-state index in [-0.39, 0.29) is 29.6 Å². The van der Waals surface area contributed by atoms with Crippen LogP contribution in [0.2, 0.25) is 0 Å². The molecule has 1 aliphatic carbocycles. The Balaban J connectivity index is 1.21. The summed E-state index contributed by atoms with van der Waals surface area (Å²) in [5.41, 5.74) is 3.92. The number of carbonyl (C=O) groups is 3. The van der Waals surface area contributed by atoms with Crippen molar-refractivity contribution in [2.24, 2.45) is 11.8 Å². The lowest BCUT2D eigenvalue weighted by molar-refractivity contribution is -0.132. The predicted molar refractivity (Wildman–Crippen MR) is 149 cm³/mol. The number of carbonyl (C=O) groups excluding carboxylic acids is 3. The molecule has 1 fully saturated rings. The molecule has 0 spiro atoms. The zero-order valence-electron chi connectivity index (χ0n) is 21.6. The van der Waals surface area contributed by atoms with Crippen LogP contribution in [0.3, 0.4) is 0 Å². The van der Waals surface area contributed by atoms with E-state index < -0.39 is 0 Å². The van der Waals surface area contributed by atoms with Gasteiger partial charge in [0.25, 0.3) is 5.91 Å². The third-order valence-corrected chi connectivity index (χ3v) is 7.41. The monoisotopic (exact) mass is 511 g/mol. The number of nitrogens with zero attached hydrogens (tertiary/aromatic N) is 1. The Morgan fingerprint density at radius 3 is 2.24 bits per heavy atom. The molecule has 3 aromatic carbocycles. The molecule has 2 atom stereocenters. The summed E-state index contributed by atoms with van der Waals surface area (Å²) < 4.78 is 5.43. The van der Waals surface area contributed by atoms with Crippen LogP contribution in [0.1, 0.15) is 48.5 Å². The number of hydrogen-bond donors (Lipinski definition) is 2. The standard InChI is InChI=1S/C31H33N3O4/c1-2-38-25-17-15-24(16-18-25)32-29(35)22-11-13-23(14-12-22)33-30(36)26-8-4-5-9-27(26)31(37)34-20-19-21-7-3-6-10-28(21)34/h3,6-7,10-18,26-27H,2,4-5,8-9,19-20H2,1H3,(H,32,35)(H,33,36)/t26-,27-/m0/s1. The zero-order valence-corrected chi connectivity index (χ0v) is 21.6. The second kappa shape index (κ2) is 11.5. The summed E-state index contributed by atoms with van der Waals surface area (Å²) in [7, 11) is 0. The average Bonchev–Trinajstić information content (AvgIpc) is 3.38. The summed E-state index contributed by atoms with van der Waals surface area (Å²) in [5, 5.41) is 5.85. The summed E-state index contributed by atoms with van der Waals surface area (Å²) in [6.45, 7) is 3.17. The lowest BCUT2D eigenvalue weighted by Crippen LogP contribution is -2.43. The van der Waals surface area contributed by atoms with E-state index in [0.717, 1.165) is 37.1 Å². The van der Waals surface area contributed by atoms with Gasteiger partial charge in [0, 0.05) is 35.1 Å². The quantitative estimate of drug-likeness (QED) is 0.428. The molecule has 38 heavy (non-hydrogen) atoms. The van der Waals surface area contributed by atoms with E-state index in [1.54, 1.807) is 36.4 Å². The van der Waals surface area contributed by atoms with E-state index in [1.807, 2.05) is 42.2 Å². The first-order valence-electron chi connectivity index (χ1n) is 13.4. The van der Waals surface area contributed by atoms with Gasteiger partial charge in [0.05, 0.1) is 12.5 Å². The van der Waals surface area contributed by atoms with Crippen molar-refractivity contribution < 1.29 is 19.1 Å². The molecule has 0 unspecified atom stereocenters. The van der Waals surface area contributed by atoms with Crippen LogP contribution in [0.5, 0.6) is 5.75 Å². The van der Waals surface area contributed by atoms with Gasteiger partial charge in [-0.1, -0.05) is 31.0 Å². The first kappa shape index (κ1) is 25.5. The van der Waals surface area contributed by atoms with Crippen LogP contribution in [0.25, 0.3) is 0 Å². The van der Waals surface area contributed by atoms with Crippen LogP contribution in [-0.2, 0) is 16.0 Å². The Bertz CT molecular complexity index is 1300. The van der Waals surface area contributed by atoms with Crippen molar-refractivity contribution in [2.45, 2.75) is 39.0 Å². The third-order valence-electron chi connectivity index (χ3n) is 7.41. The Labute approximate surface area is 223 Å². The van der Waals surface area contributed by atoms with Gasteiger partial charge in [-0.25, -0.2) is 0 Å². The molecule has 1 heterocycles. The molecular formula is C31H33N3O4. The van der Waals surface area contributed by atoms with Gasteiger partial charge in [-0.3, -0.25) is 14.4 Å². The summed E-state index contributed by atoms with van der Waals surface area (Å²) in [6, 6.07) is 22.0. The minimum Gasteiger partial charge on any atom is -0.494 e. The highest BCUT2D eigenvalue weighted by molar-refractivity contribution is 6.05. The predicted octanol–water partition coefficient (Wildman–Crippen LogP) is 5.67. The number of rotatable bonds is 7. The Kier molecular flexibility index (Phi) is 7.73. The minimum absolute atomic E-state index is 0.0520. The smallest absolute Gasteiger partial charge is 0.255 e. The third kappa shape index (κ3) is 5.57. The largest absolute Gasteiger partial charge is 0.494 e. The molecule has 0 saturated heterocycles. The fraction of sp³-hybridized carbons (Fsp3) is 0.323. The molecule has 5 rings (SSSR count). The van der Waals surface area contributed by atoms with Crippen molar-refractivity contribution in [1.29, 1.82) is 0 Å². The second-order valence-electron chi connectivity index (χ2n) is 9.84. The maximum absolute atomic E-state index is 13.5. The van der Waals surface area contributed by atoms with E-state index in [9.17, 15) is 14.4 Å². The van der Waals surface area contributed by atoms with E-state index in [4.69, 9.17) is 4.74 Å². The number of anilines is 3. The molecular weight excluding hydrogens is 478 g/mol. The molecule has 1 aliphatic heterocycles. The number of para-hydroxylation sites is 1. The van der Waals surface area contributed by atoms with Crippen molar-refractivity contribution in [3.63, 3.8) is 0 Å². The molecule has 3 amide bonds. The van der Waals surface area contributed by atoms with Crippen LogP contribution in [-0.4, -0.2) is 30.9 Å². The van der Waals surface area contributed by atoms with E-state index in [0.29, 0.717) is 36.5 Å². The van der Waals surface area contributed by atoms with Crippen molar-refractivity contribution in [3.05, 3.63) is 83.9 Å². The summed E-state index contributed by atoms with van der Waals surface area (Å²) in [5.74, 6) is -0.271. The maximum atomic E-state index is 13.5. The van der Waals surface area contributed by atoms with Gasteiger partial charge < -0.3 is 20.3 Å². The van der Waals surface area contributed by atoms with Gasteiger partial charge in [0.1, 0.15) is 5.75 Å². The summed E-state index contributed by atoms with van der Waals surface area (Å²) in [6.07, 6.45) is 4.15. The highest BCUT2D eigenvalue weighted by atomic mass is 16.5. The van der Waals surface area contributed by atoms with Crippen molar-refractivity contribution in [2.75, 3.05) is 28.7 Å². The molecule has 7 heteroatoms. The first-order chi connectivity index (χ1) is 18.5. The summed E-state index contributed by atoms with van der Waals surface area (Å²) in [4.78, 5) is 41.4. The molecule has 0 aromatic heterocycles. The number of ether oxygens (including phenoxy) is 1. The lowest BCUT2D eigenvalue weighted by atomic mass is 9.77. The minimum atomic E-state index is -0.369. The van der Waals surface area contributed by atoms with Crippen LogP contribution in [0.4, 0.5) is 17.1 Å². The number of fused-ring (bicyclic) bond motifs is 1. The molecule has 7 nitrogen and oxygen atoms in total. The lowest BCUT2D eigenvalue weighted by Gasteiger charge is -2.32. The van der Waals surface area contributed by atoms with Gasteiger partial charge in [0.15, 0.2) is 0 Å². The molecule has 3 aromatic rings. The highest BCUT2D eigenvalue weighted by Crippen LogP contribution is 2.36. The number of benzene rings is 3. The molecule has 0 bridgehead atoms. The Hall–Kier alpha value is -4.13. The SMILES string of the molecule is CCOc1ccc(NC(=O)c2ccc(NC(=O)[C@H]3CCCC[C@@H]3C(=O)N3CCc4ccccc43)cc2)cc1. The van der Waals surface area contributed by atoms with Crippen molar-refractivity contribution in [1.82, 2.24) is 0 Å². The van der Waals surface area contributed by atoms with Crippen LogP contribution < -0.4 is 20.3 Å². The number of amides is 3. The topological polar surface area (TPSA) is 87.7 Å². The van der Waals surface area contributed by atoms with Gasteiger partial charge in [-0.15, -0.1) is 0 Å². The van der Waals surface area contributed by atoms with Crippen molar-refractivity contribution in [3.8, 4) is 5.75 Å². The van der Waals surface area contributed by atoms with E-state index in [1.165, 1.54) is 5.56 Å². The van der Waals surface area contributed by atoms with Crippen LogP contribution in [0.15, 0.2) is 72.8 Å². The van der Waals surface area contributed by atoms with Crippen molar-refractivity contribution >= 4 is 34.8 Å². The normalized spacial score (nSPS) is 18.4. The van der Waals surface area contributed by atoms with Crippen LogP contribution >= 0.6 is 0 Å². The Morgan fingerprint density at radius 1 is 0.842 bits per heavy atom. The van der Waals surface area contributed by atoms with Gasteiger partial charge in [-0.2, -0.15) is 0 Å². The van der Waals surface area contributed by atoms with Crippen LogP contribution in [0, 0.1) is 11.8 Å². The van der Waals surface area contributed by atoms with Gasteiger partial charge in [-0.05, 0) is 86.3 Å². The molecule has 2 aliphatic rings. The number of hydrogen-bond acceptors (Lipinski definition) is 4. The second-order valence-corrected chi connectivity index (χ2v) is 9.84. The molecule has 196 valence electrons. The van der Waals surface area contributed by atoms with E-state index in [2.05, 4.69) is 16.7 Å². The zero-order chi connectivity index (χ0) is 26.5. The maximum Gasteiger partial charge on any atom is 0.255 e. The average molecular weight is 512 g/mol. The molecule has 0 radical (unpaired) electrons. The summed E-state index contributed by atoms with van der Waals surface area (Å²) >= 11 is 0. The van der Waals surface area contributed by atoms with E-state index >= 15 is 0 Å². The van der Waals surface area contributed by atoms with Gasteiger partial charge >= 0.3 is 0 Å². The van der Waals surface area contributed by atoms with Gasteiger partial charge in [0.2, 0.25) is 11.8 Å². The first-order valence-corrected chi connectivity index (χ1v) is 13.4. The Morgan fingerprint density at radius 2 is 1.50 bits per heavy atom. The molecule has 2 N–H and O–H groups in total. The molecule has 1 saturated carbocycles. The number of nitrogens with one attached hydrogen (secondary N) is 2. The fourth-order valence-electron chi connectivity index (χ4n) is 5.45. The highest BCUT2D eigenvalue weighted by Gasteiger charge is 2.39. The fourth-order valence-corrected chi connectivity index (χ4v) is 5.45.